The fourth-order valence-electron chi connectivity index (χ4n) is 3.03. The van der Waals surface area contributed by atoms with Crippen molar-refractivity contribution < 1.29 is 17.9 Å². The number of hydrogen-bond donors (Lipinski definition) is 1. The first-order valence-electron chi connectivity index (χ1n) is 9.12. The van der Waals surface area contributed by atoms with E-state index in [0.29, 0.717) is 28.5 Å². The number of sulfone groups is 1. The Bertz CT molecular complexity index is 1300. The van der Waals surface area contributed by atoms with Gasteiger partial charge in [-0.3, -0.25) is 0 Å². The minimum absolute atomic E-state index is 0.0619. The third-order valence-electron chi connectivity index (χ3n) is 4.57. The molecule has 154 valence electrons. The third-order valence-corrected chi connectivity index (χ3v) is 5.72. The molecule has 4 rings (SSSR count). The van der Waals surface area contributed by atoms with Crippen molar-refractivity contribution in [1.29, 1.82) is 0 Å². The summed E-state index contributed by atoms with van der Waals surface area (Å²) in [6, 6.07) is 11.7. The molecule has 0 aliphatic heterocycles. The predicted octanol–water partition coefficient (Wildman–Crippen LogP) is 2.62. The summed E-state index contributed by atoms with van der Waals surface area (Å²) in [4.78, 5) is 9.00. The molecule has 0 radical (unpaired) electrons. The van der Waals surface area contributed by atoms with Gasteiger partial charge in [0.1, 0.15) is 17.7 Å². The van der Waals surface area contributed by atoms with Crippen molar-refractivity contribution in [3.63, 3.8) is 0 Å². The Kier molecular flexibility index (Phi) is 5.18. The number of nitrogens with zero attached hydrogens (tertiary/aromatic N) is 5. The van der Waals surface area contributed by atoms with E-state index in [0.717, 1.165) is 6.26 Å². The first kappa shape index (κ1) is 19.9. The number of aliphatic hydroxyl groups excluding tert-OH is 1. The number of aromatic nitrogens is 5. The van der Waals surface area contributed by atoms with E-state index < -0.39 is 9.84 Å². The van der Waals surface area contributed by atoms with Crippen LogP contribution in [0.3, 0.4) is 0 Å². The fourth-order valence-corrected chi connectivity index (χ4v) is 3.92. The van der Waals surface area contributed by atoms with Gasteiger partial charge in [0, 0.05) is 11.8 Å². The molecule has 1 N–H and O–H groups in total. The number of benzene rings is 1. The van der Waals surface area contributed by atoms with Gasteiger partial charge in [0.2, 0.25) is 5.89 Å². The molecule has 0 fully saturated rings. The van der Waals surface area contributed by atoms with Crippen molar-refractivity contribution >= 4 is 9.84 Å². The van der Waals surface area contributed by atoms with E-state index in [1.165, 1.54) is 18.6 Å². The summed E-state index contributed by atoms with van der Waals surface area (Å²) < 4.78 is 31.7. The van der Waals surface area contributed by atoms with Crippen LogP contribution in [0.15, 0.2) is 64.3 Å². The highest BCUT2D eigenvalue weighted by atomic mass is 32.2. The second-order valence-corrected chi connectivity index (χ2v) is 8.78. The van der Waals surface area contributed by atoms with Crippen LogP contribution in [0.2, 0.25) is 0 Å². The largest absolute Gasteiger partial charge is 0.435 e. The lowest BCUT2D eigenvalue weighted by Gasteiger charge is -2.12. The molecule has 0 bridgehead atoms. The zero-order chi connectivity index (χ0) is 21.3. The van der Waals surface area contributed by atoms with Crippen LogP contribution in [-0.4, -0.2) is 51.1 Å². The van der Waals surface area contributed by atoms with Crippen molar-refractivity contribution in [2.75, 3.05) is 12.9 Å². The quantitative estimate of drug-likeness (QED) is 0.500. The lowest BCUT2D eigenvalue weighted by molar-refractivity contribution is 0.239. The van der Waals surface area contributed by atoms with Crippen LogP contribution in [0.4, 0.5) is 0 Å². The Balaban J connectivity index is 1.73. The van der Waals surface area contributed by atoms with E-state index in [2.05, 4.69) is 20.2 Å². The molecule has 30 heavy (non-hydrogen) atoms. The van der Waals surface area contributed by atoms with Crippen molar-refractivity contribution in [1.82, 2.24) is 24.7 Å². The predicted molar refractivity (Wildman–Crippen MR) is 109 cm³/mol. The molecule has 0 aliphatic rings. The van der Waals surface area contributed by atoms with Crippen LogP contribution in [0.25, 0.3) is 34.4 Å². The molecule has 3 aromatic heterocycles. The molecular formula is C20H19N5O4S. The highest BCUT2D eigenvalue weighted by Gasteiger charge is 2.19. The van der Waals surface area contributed by atoms with E-state index in [4.69, 9.17) is 4.42 Å². The summed E-state index contributed by atoms with van der Waals surface area (Å²) in [6.07, 6.45) is 4.16. The molecule has 1 aromatic carbocycles. The molecule has 0 aliphatic carbocycles. The van der Waals surface area contributed by atoms with Crippen LogP contribution in [0, 0.1) is 0 Å². The molecule has 0 spiro atoms. The van der Waals surface area contributed by atoms with Crippen molar-refractivity contribution in [2.45, 2.75) is 17.9 Å². The van der Waals surface area contributed by atoms with Crippen molar-refractivity contribution in [2.24, 2.45) is 0 Å². The van der Waals surface area contributed by atoms with E-state index in [1.807, 2.05) is 6.92 Å². The Hall–Kier alpha value is -3.37. The monoisotopic (exact) mass is 425 g/mol. The molecule has 10 heteroatoms. The zero-order valence-electron chi connectivity index (χ0n) is 16.3. The highest BCUT2D eigenvalue weighted by molar-refractivity contribution is 7.90. The van der Waals surface area contributed by atoms with E-state index in [-0.39, 0.29) is 23.4 Å². The van der Waals surface area contributed by atoms with Crippen LogP contribution in [-0.2, 0) is 9.84 Å². The summed E-state index contributed by atoms with van der Waals surface area (Å²) >= 11 is 0. The van der Waals surface area contributed by atoms with Gasteiger partial charge in [-0.25, -0.2) is 18.4 Å². The SMILES string of the molecule is CC(CO)n1cnnc1-c1cccc(-c2ncc(-c3ccccc3S(C)(=O)=O)o2)n1. The molecule has 0 saturated carbocycles. The molecule has 0 amide bonds. The van der Waals surface area contributed by atoms with Crippen LogP contribution < -0.4 is 0 Å². The topological polar surface area (TPSA) is 124 Å². The van der Waals surface area contributed by atoms with E-state index >= 15 is 0 Å². The Morgan fingerprint density at radius 1 is 1.13 bits per heavy atom. The Morgan fingerprint density at radius 2 is 1.90 bits per heavy atom. The van der Waals surface area contributed by atoms with Gasteiger partial charge in [0.05, 0.1) is 23.7 Å². The van der Waals surface area contributed by atoms with Gasteiger partial charge in [-0.1, -0.05) is 18.2 Å². The summed E-state index contributed by atoms with van der Waals surface area (Å²) in [5.41, 5.74) is 1.44. The maximum atomic E-state index is 12.1. The van der Waals surface area contributed by atoms with Gasteiger partial charge < -0.3 is 14.1 Å². The lowest BCUT2D eigenvalue weighted by atomic mass is 10.2. The number of rotatable bonds is 6. The summed E-state index contributed by atoms with van der Waals surface area (Å²) in [7, 11) is -3.43. The number of aliphatic hydroxyl groups is 1. The molecule has 9 nitrogen and oxygen atoms in total. The molecule has 3 heterocycles. The molecule has 0 saturated heterocycles. The second-order valence-electron chi connectivity index (χ2n) is 6.80. The van der Waals surface area contributed by atoms with Gasteiger partial charge in [0.15, 0.2) is 21.4 Å². The second kappa shape index (κ2) is 7.81. The van der Waals surface area contributed by atoms with Crippen LogP contribution in [0.1, 0.15) is 13.0 Å². The zero-order valence-corrected chi connectivity index (χ0v) is 17.1. The molecule has 1 unspecified atom stereocenters. The van der Waals surface area contributed by atoms with E-state index in [9.17, 15) is 13.5 Å². The van der Waals surface area contributed by atoms with Gasteiger partial charge in [-0.05, 0) is 31.2 Å². The lowest BCUT2D eigenvalue weighted by Crippen LogP contribution is -2.10. The van der Waals surface area contributed by atoms with Crippen LogP contribution in [0.5, 0.6) is 0 Å². The van der Waals surface area contributed by atoms with E-state index in [1.54, 1.807) is 41.0 Å². The summed E-state index contributed by atoms with van der Waals surface area (Å²) in [5.74, 6) is 1.08. The van der Waals surface area contributed by atoms with Gasteiger partial charge >= 0.3 is 0 Å². The first-order chi connectivity index (χ1) is 14.4. The minimum Gasteiger partial charge on any atom is -0.435 e. The standard InChI is InChI=1S/C20H19N5O4S/c1-13(11-26)25-12-22-24-19(25)15-7-5-8-16(23-15)20-21-10-17(29-20)14-6-3-4-9-18(14)30(2,27)28/h3-10,12-13,26H,11H2,1-2H3. The maximum absolute atomic E-state index is 12.1. The first-order valence-corrected chi connectivity index (χ1v) is 11.0. The summed E-state index contributed by atoms with van der Waals surface area (Å²) in [5, 5.41) is 17.5. The molecular weight excluding hydrogens is 406 g/mol. The highest BCUT2D eigenvalue weighted by Crippen LogP contribution is 2.31. The maximum Gasteiger partial charge on any atom is 0.245 e. The van der Waals surface area contributed by atoms with Gasteiger partial charge in [-0.15, -0.1) is 10.2 Å². The number of oxazole rings is 1. The molecule has 4 aromatic rings. The fraction of sp³-hybridized carbons (Fsp3) is 0.200. The van der Waals surface area contributed by atoms with Gasteiger partial charge in [-0.2, -0.15) is 0 Å². The Labute approximate surface area is 173 Å². The van der Waals surface area contributed by atoms with Crippen molar-refractivity contribution in [3.8, 4) is 34.4 Å². The normalized spacial score (nSPS) is 12.8. The Morgan fingerprint density at radius 3 is 2.67 bits per heavy atom. The average Bonchev–Trinajstić information content (AvgIpc) is 3.43. The smallest absolute Gasteiger partial charge is 0.245 e. The summed E-state index contributed by atoms with van der Waals surface area (Å²) in [6.45, 7) is 1.78. The molecule has 1 atom stereocenters. The third kappa shape index (κ3) is 3.74. The minimum atomic E-state index is -3.43. The number of hydrogen-bond acceptors (Lipinski definition) is 8. The average molecular weight is 425 g/mol. The van der Waals surface area contributed by atoms with Crippen molar-refractivity contribution in [3.05, 3.63) is 55.0 Å². The van der Waals surface area contributed by atoms with Crippen LogP contribution >= 0.6 is 0 Å². The number of pyridine rings is 1. The van der Waals surface area contributed by atoms with Gasteiger partial charge in [0.25, 0.3) is 0 Å².